The summed E-state index contributed by atoms with van der Waals surface area (Å²) in [5.74, 6) is 3.04. The highest BCUT2D eigenvalue weighted by Crippen LogP contribution is 2.28. The van der Waals surface area contributed by atoms with Crippen molar-refractivity contribution < 1.29 is 9.26 Å². The molecule has 0 aliphatic heterocycles. The van der Waals surface area contributed by atoms with Crippen LogP contribution in [-0.4, -0.2) is 27.4 Å². The molecule has 0 radical (unpaired) electrons. The minimum absolute atomic E-state index is 0.262. The first-order valence-corrected chi connectivity index (χ1v) is 9.60. The Kier molecular flexibility index (Phi) is 5.87. The molecule has 0 amide bonds. The first kappa shape index (κ1) is 17.7. The zero-order chi connectivity index (χ0) is 17.6. The van der Waals surface area contributed by atoms with Crippen molar-refractivity contribution >= 4 is 28.2 Å². The van der Waals surface area contributed by atoms with Crippen LogP contribution < -0.4 is 10.1 Å². The Morgan fingerprint density at radius 2 is 2.04 bits per heavy atom. The molecule has 0 bridgehead atoms. The van der Waals surface area contributed by atoms with Crippen LogP contribution in [0.15, 0.2) is 33.1 Å². The Morgan fingerprint density at radius 3 is 2.72 bits per heavy atom. The molecule has 0 unspecified atom stereocenters. The molecule has 3 rings (SSSR count). The molecular formula is C16H19N5O2S2. The molecule has 0 aliphatic rings. The molecule has 0 aliphatic carbocycles. The zero-order valence-electron chi connectivity index (χ0n) is 14.2. The quantitative estimate of drug-likeness (QED) is 0.590. The number of hydrogen-bond acceptors (Lipinski definition) is 9. The summed E-state index contributed by atoms with van der Waals surface area (Å²) >= 11 is 3.05. The maximum atomic E-state index is 5.23. The van der Waals surface area contributed by atoms with Gasteiger partial charge in [-0.2, -0.15) is 4.98 Å². The SMILES string of the molecule is COc1ccc(CNc2nnc(SCc3nc(C(C)C)no3)s2)cc1. The van der Waals surface area contributed by atoms with E-state index in [-0.39, 0.29) is 5.92 Å². The molecule has 0 saturated heterocycles. The number of nitrogens with zero attached hydrogens (tertiary/aromatic N) is 4. The molecule has 1 aromatic carbocycles. The number of aromatic nitrogens is 4. The van der Waals surface area contributed by atoms with Crippen LogP contribution in [0.5, 0.6) is 5.75 Å². The van der Waals surface area contributed by atoms with Crippen molar-refractivity contribution in [3.05, 3.63) is 41.5 Å². The van der Waals surface area contributed by atoms with Gasteiger partial charge in [-0.15, -0.1) is 10.2 Å². The number of rotatable bonds is 8. The second-order valence-corrected chi connectivity index (χ2v) is 7.76. The fraction of sp³-hybridized carbons (Fsp3) is 0.375. The number of ether oxygens (including phenoxy) is 1. The van der Waals surface area contributed by atoms with Crippen LogP contribution in [0.4, 0.5) is 5.13 Å². The molecule has 2 heterocycles. The highest BCUT2D eigenvalue weighted by atomic mass is 32.2. The third-order valence-corrected chi connectivity index (χ3v) is 5.33. The van der Waals surface area contributed by atoms with Crippen LogP contribution in [0.2, 0.25) is 0 Å². The lowest BCUT2D eigenvalue weighted by Gasteiger charge is -2.03. The van der Waals surface area contributed by atoms with Crippen molar-refractivity contribution in [3.8, 4) is 5.75 Å². The van der Waals surface area contributed by atoms with Gasteiger partial charge in [0.2, 0.25) is 11.0 Å². The molecule has 0 saturated carbocycles. The topological polar surface area (TPSA) is 86.0 Å². The number of benzene rings is 1. The average Bonchev–Trinajstić information content (AvgIpc) is 3.28. The molecule has 2 aromatic heterocycles. The number of thioether (sulfide) groups is 1. The van der Waals surface area contributed by atoms with Gasteiger partial charge in [0.15, 0.2) is 10.2 Å². The van der Waals surface area contributed by atoms with Crippen molar-refractivity contribution in [2.24, 2.45) is 0 Å². The number of hydrogen-bond donors (Lipinski definition) is 1. The van der Waals surface area contributed by atoms with E-state index in [9.17, 15) is 0 Å². The second kappa shape index (κ2) is 8.30. The number of nitrogens with one attached hydrogen (secondary N) is 1. The standard InChI is InChI=1S/C16H19N5O2S2/c1-10(2)14-18-13(23-21-14)9-24-16-20-19-15(25-16)17-8-11-4-6-12(22-3)7-5-11/h4-7,10H,8-9H2,1-3H3,(H,17,19). The lowest BCUT2D eigenvalue weighted by Crippen LogP contribution is -1.98. The predicted molar refractivity (Wildman–Crippen MR) is 98.2 cm³/mol. The van der Waals surface area contributed by atoms with Crippen molar-refractivity contribution in [2.75, 3.05) is 12.4 Å². The van der Waals surface area contributed by atoms with Gasteiger partial charge < -0.3 is 14.6 Å². The zero-order valence-corrected chi connectivity index (χ0v) is 15.9. The summed E-state index contributed by atoms with van der Waals surface area (Å²) in [5.41, 5.74) is 1.15. The third-order valence-electron chi connectivity index (χ3n) is 3.33. The van der Waals surface area contributed by atoms with Crippen LogP contribution in [0.1, 0.15) is 37.0 Å². The largest absolute Gasteiger partial charge is 0.497 e. The highest BCUT2D eigenvalue weighted by molar-refractivity contribution is 8.00. The lowest BCUT2D eigenvalue weighted by atomic mass is 10.2. The lowest BCUT2D eigenvalue weighted by molar-refractivity contribution is 0.383. The van der Waals surface area contributed by atoms with E-state index in [1.165, 1.54) is 23.1 Å². The smallest absolute Gasteiger partial charge is 0.237 e. The van der Waals surface area contributed by atoms with Crippen LogP contribution in [0, 0.1) is 0 Å². The van der Waals surface area contributed by atoms with E-state index in [1.807, 2.05) is 38.1 Å². The van der Waals surface area contributed by atoms with Crippen molar-refractivity contribution in [3.63, 3.8) is 0 Å². The number of methoxy groups -OCH3 is 1. The second-order valence-electron chi connectivity index (χ2n) is 5.56. The van der Waals surface area contributed by atoms with Gasteiger partial charge in [0.25, 0.3) is 0 Å². The summed E-state index contributed by atoms with van der Waals surface area (Å²) in [6.07, 6.45) is 0. The first-order valence-electron chi connectivity index (χ1n) is 7.79. The van der Waals surface area contributed by atoms with E-state index in [2.05, 4.69) is 25.7 Å². The van der Waals surface area contributed by atoms with Crippen LogP contribution in [0.25, 0.3) is 0 Å². The van der Waals surface area contributed by atoms with Crippen molar-refractivity contribution in [1.29, 1.82) is 0 Å². The van der Waals surface area contributed by atoms with Crippen LogP contribution in [-0.2, 0) is 12.3 Å². The van der Waals surface area contributed by atoms with Gasteiger partial charge in [-0.05, 0) is 17.7 Å². The van der Waals surface area contributed by atoms with E-state index < -0.39 is 0 Å². The summed E-state index contributed by atoms with van der Waals surface area (Å²) in [7, 11) is 1.66. The molecule has 132 valence electrons. The van der Waals surface area contributed by atoms with Crippen molar-refractivity contribution in [2.45, 2.75) is 36.4 Å². The molecule has 9 heteroatoms. The summed E-state index contributed by atoms with van der Waals surface area (Å²) < 4.78 is 11.2. The van der Waals surface area contributed by atoms with Crippen LogP contribution >= 0.6 is 23.1 Å². The van der Waals surface area contributed by atoms with Gasteiger partial charge in [0.1, 0.15) is 5.75 Å². The molecule has 7 nitrogen and oxygen atoms in total. The Hall–Kier alpha value is -2.13. The summed E-state index contributed by atoms with van der Waals surface area (Å²) in [6.45, 7) is 4.76. The monoisotopic (exact) mass is 377 g/mol. The molecule has 3 aromatic rings. The maximum Gasteiger partial charge on any atom is 0.237 e. The average molecular weight is 377 g/mol. The number of anilines is 1. The fourth-order valence-electron chi connectivity index (χ4n) is 1.95. The molecule has 0 atom stereocenters. The Morgan fingerprint density at radius 1 is 1.24 bits per heavy atom. The summed E-state index contributed by atoms with van der Waals surface area (Å²) in [5, 5.41) is 16.3. The minimum Gasteiger partial charge on any atom is -0.497 e. The maximum absolute atomic E-state index is 5.23. The first-order chi connectivity index (χ1) is 12.1. The van der Waals surface area contributed by atoms with E-state index in [0.717, 1.165) is 26.6 Å². The van der Waals surface area contributed by atoms with E-state index in [1.54, 1.807) is 7.11 Å². The Labute approximate surface area is 154 Å². The van der Waals surface area contributed by atoms with E-state index in [0.29, 0.717) is 18.2 Å². The summed E-state index contributed by atoms with van der Waals surface area (Å²) in [6, 6.07) is 7.91. The Bertz CT molecular complexity index is 801. The van der Waals surface area contributed by atoms with Gasteiger partial charge in [-0.3, -0.25) is 0 Å². The van der Waals surface area contributed by atoms with Crippen LogP contribution in [0.3, 0.4) is 0 Å². The van der Waals surface area contributed by atoms with E-state index >= 15 is 0 Å². The van der Waals surface area contributed by atoms with Gasteiger partial charge in [0.05, 0.1) is 12.9 Å². The molecule has 1 N–H and O–H groups in total. The normalized spacial score (nSPS) is 11.0. The summed E-state index contributed by atoms with van der Waals surface area (Å²) in [4.78, 5) is 4.35. The molecule has 0 fully saturated rings. The van der Waals surface area contributed by atoms with Crippen molar-refractivity contribution in [1.82, 2.24) is 20.3 Å². The molecule has 0 spiro atoms. The van der Waals surface area contributed by atoms with Gasteiger partial charge in [-0.25, -0.2) is 0 Å². The minimum atomic E-state index is 0.262. The highest BCUT2D eigenvalue weighted by Gasteiger charge is 2.11. The molecular weight excluding hydrogens is 358 g/mol. The van der Waals surface area contributed by atoms with Gasteiger partial charge >= 0.3 is 0 Å². The van der Waals surface area contributed by atoms with Gasteiger partial charge in [-0.1, -0.05) is 54.2 Å². The van der Waals surface area contributed by atoms with Gasteiger partial charge in [0, 0.05) is 12.5 Å². The predicted octanol–water partition coefficient (Wildman–Crippen LogP) is 3.96. The fourth-order valence-corrected chi connectivity index (χ4v) is 3.53. The van der Waals surface area contributed by atoms with E-state index in [4.69, 9.17) is 9.26 Å². The third kappa shape index (κ3) is 4.93. The molecule has 25 heavy (non-hydrogen) atoms. The Balaban J connectivity index is 1.49.